The zero-order valence-corrected chi connectivity index (χ0v) is 38.8. The molecule has 2 unspecified atom stereocenters. The minimum absolute atomic E-state index is 0.0145. The van der Waals surface area contributed by atoms with Crippen LogP contribution in [0.25, 0.3) is 0 Å². The number of hydrogen-bond donors (Lipinski definition) is 2. The molecule has 0 saturated carbocycles. The highest BCUT2D eigenvalue weighted by Gasteiger charge is 2.41. The van der Waals surface area contributed by atoms with Gasteiger partial charge in [-0.05, 0) is 25.2 Å². The van der Waals surface area contributed by atoms with Crippen molar-refractivity contribution < 1.29 is 48.0 Å². The summed E-state index contributed by atoms with van der Waals surface area (Å²) in [7, 11) is 0. The number of unbranched alkanes of at least 4 members (excludes halogenated alkanes) is 16. The van der Waals surface area contributed by atoms with Crippen LogP contribution in [0.4, 0.5) is 0 Å². The van der Waals surface area contributed by atoms with E-state index < -0.39 is 47.2 Å². The monoisotopic (exact) mass is 853 g/mol. The molecule has 0 aromatic carbocycles. The maximum atomic E-state index is 14.2. The van der Waals surface area contributed by atoms with Gasteiger partial charge in [0, 0.05) is 38.0 Å². The molecular formula is C48H88N2O10. The highest BCUT2D eigenvalue weighted by atomic mass is 16.6. The van der Waals surface area contributed by atoms with E-state index in [1.165, 1.54) is 64.2 Å². The first-order chi connectivity index (χ1) is 28.9. The van der Waals surface area contributed by atoms with Gasteiger partial charge in [0.05, 0.1) is 38.6 Å². The minimum Gasteiger partial charge on any atom is -0.481 e. The predicted molar refractivity (Wildman–Crippen MR) is 238 cm³/mol. The molecule has 0 bridgehead atoms. The fourth-order valence-electron chi connectivity index (χ4n) is 7.81. The smallest absolute Gasteiger partial charge is 0.309 e. The second-order valence-electron chi connectivity index (χ2n) is 17.9. The van der Waals surface area contributed by atoms with E-state index in [0.717, 1.165) is 83.7 Å². The number of amides is 1. The quantitative estimate of drug-likeness (QED) is 0.0345. The van der Waals surface area contributed by atoms with Crippen molar-refractivity contribution in [3.05, 3.63) is 0 Å². The van der Waals surface area contributed by atoms with Gasteiger partial charge in [0.25, 0.3) is 5.91 Å². The van der Waals surface area contributed by atoms with Crippen LogP contribution in [0, 0.1) is 17.3 Å². The van der Waals surface area contributed by atoms with Gasteiger partial charge in [-0.15, -0.1) is 0 Å². The van der Waals surface area contributed by atoms with Crippen LogP contribution < -0.4 is 5.32 Å². The lowest BCUT2D eigenvalue weighted by atomic mass is 9.83. The Morgan fingerprint density at radius 3 is 1.75 bits per heavy atom. The normalized spacial score (nSPS) is 14.9. The molecule has 3 atom stereocenters. The van der Waals surface area contributed by atoms with Crippen molar-refractivity contribution in [2.24, 2.45) is 17.3 Å². The Morgan fingerprint density at radius 1 is 0.667 bits per heavy atom. The van der Waals surface area contributed by atoms with E-state index in [2.05, 4.69) is 31.0 Å². The first-order valence-corrected chi connectivity index (χ1v) is 24.2. The van der Waals surface area contributed by atoms with Crippen LogP contribution in [0.3, 0.4) is 0 Å². The molecule has 1 heterocycles. The number of carbonyl (C=O) groups is 5. The summed E-state index contributed by atoms with van der Waals surface area (Å²) >= 11 is 0. The average molecular weight is 853 g/mol. The van der Waals surface area contributed by atoms with Crippen LogP contribution in [0.15, 0.2) is 0 Å². The zero-order valence-electron chi connectivity index (χ0n) is 38.8. The molecule has 60 heavy (non-hydrogen) atoms. The molecule has 12 heteroatoms. The summed E-state index contributed by atoms with van der Waals surface area (Å²) in [4.78, 5) is 67.4. The summed E-state index contributed by atoms with van der Waals surface area (Å²) in [5.41, 5.74) is -1.14. The fourth-order valence-corrected chi connectivity index (χ4v) is 7.81. The van der Waals surface area contributed by atoms with Crippen molar-refractivity contribution in [1.29, 1.82) is 0 Å². The number of carboxylic acids is 1. The summed E-state index contributed by atoms with van der Waals surface area (Å²) in [6.07, 6.45) is 23.0. The molecule has 1 amide bonds. The summed E-state index contributed by atoms with van der Waals surface area (Å²) in [6, 6.07) is 0. The zero-order chi connectivity index (χ0) is 44.3. The maximum absolute atomic E-state index is 14.2. The standard InChI is InChI=1S/C48H88N2O10/c1-6-9-12-15-17-18-19-21-24-35-58-43(53)29-31-49-46(55)45(48(4,5)39-59-44(54)30-32-50-33-36-57-37-34-50)60-47(56)41(27-28-42(51)52)38-40(25-22-14-11-8-3)26-23-20-16-13-10-7-2/h40-41,45H,6-39H2,1-5H3,(H,49,55)(H,51,52)/t40?,41?,45-/m0/s1. The highest BCUT2D eigenvalue weighted by molar-refractivity contribution is 5.85. The Kier molecular flexibility index (Phi) is 33.0. The molecule has 1 aliphatic heterocycles. The van der Waals surface area contributed by atoms with Gasteiger partial charge in [0.15, 0.2) is 6.10 Å². The molecule has 0 radical (unpaired) electrons. The van der Waals surface area contributed by atoms with Gasteiger partial charge in [-0.25, -0.2) is 0 Å². The van der Waals surface area contributed by atoms with Gasteiger partial charge < -0.3 is 29.4 Å². The van der Waals surface area contributed by atoms with Crippen molar-refractivity contribution in [2.75, 3.05) is 52.6 Å². The van der Waals surface area contributed by atoms with Gasteiger partial charge in [-0.3, -0.25) is 28.9 Å². The van der Waals surface area contributed by atoms with Gasteiger partial charge in [-0.2, -0.15) is 0 Å². The Balaban J connectivity index is 3.00. The molecule has 1 fully saturated rings. The minimum atomic E-state index is -1.36. The lowest BCUT2D eigenvalue weighted by molar-refractivity contribution is -0.173. The average Bonchev–Trinajstić information content (AvgIpc) is 3.23. The summed E-state index contributed by atoms with van der Waals surface area (Å²) in [5, 5.41) is 12.4. The molecule has 350 valence electrons. The number of nitrogens with one attached hydrogen (secondary N) is 1. The van der Waals surface area contributed by atoms with E-state index in [1.54, 1.807) is 13.8 Å². The molecule has 0 aromatic rings. The molecule has 1 aliphatic rings. The van der Waals surface area contributed by atoms with Crippen LogP contribution in [-0.4, -0.2) is 98.5 Å². The molecule has 0 aromatic heterocycles. The second-order valence-corrected chi connectivity index (χ2v) is 17.9. The lowest BCUT2D eigenvalue weighted by Crippen LogP contribution is -2.50. The van der Waals surface area contributed by atoms with E-state index in [9.17, 15) is 29.1 Å². The third kappa shape index (κ3) is 28.7. The number of aliphatic carboxylic acids is 1. The number of nitrogens with zero attached hydrogens (tertiary/aromatic N) is 1. The van der Waals surface area contributed by atoms with E-state index in [0.29, 0.717) is 32.8 Å². The van der Waals surface area contributed by atoms with E-state index in [1.807, 2.05) is 0 Å². The highest BCUT2D eigenvalue weighted by Crippen LogP contribution is 2.31. The largest absolute Gasteiger partial charge is 0.481 e. The fraction of sp³-hybridized carbons (Fsp3) is 0.896. The van der Waals surface area contributed by atoms with Crippen LogP contribution in [0.2, 0.25) is 0 Å². The van der Waals surface area contributed by atoms with Crippen LogP contribution >= 0.6 is 0 Å². The second kappa shape index (κ2) is 35.8. The van der Waals surface area contributed by atoms with Crippen LogP contribution in [-0.2, 0) is 42.9 Å². The van der Waals surface area contributed by atoms with Gasteiger partial charge in [0.2, 0.25) is 0 Å². The Bertz CT molecular complexity index is 1140. The van der Waals surface area contributed by atoms with Gasteiger partial charge in [0.1, 0.15) is 6.61 Å². The summed E-state index contributed by atoms with van der Waals surface area (Å²) in [5.74, 6) is -3.54. The van der Waals surface area contributed by atoms with E-state index >= 15 is 0 Å². The molecule has 0 aliphatic carbocycles. The number of rotatable bonds is 39. The van der Waals surface area contributed by atoms with E-state index in [4.69, 9.17) is 18.9 Å². The maximum Gasteiger partial charge on any atom is 0.309 e. The number of esters is 3. The van der Waals surface area contributed by atoms with Crippen molar-refractivity contribution in [1.82, 2.24) is 10.2 Å². The summed E-state index contributed by atoms with van der Waals surface area (Å²) in [6.45, 7) is 13.4. The third-order valence-electron chi connectivity index (χ3n) is 11.8. The number of ether oxygens (including phenoxy) is 4. The third-order valence-corrected chi connectivity index (χ3v) is 11.8. The molecular weight excluding hydrogens is 765 g/mol. The van der Waals surface area contributed by atoms with Crippen molar-refractivity contribution in [3.8, 4) is 0 Å². The van der Waals surface area contributed by atoms with Gasteiger partial charge >= 0.3 is 23.9 Å². The Hall–Kier alpha value is -2.73. The Labute approximate surface area is 364 Å². The molecule has 0 spiro atoms. The molecule has 1 saturated heterocycles. The number of carbonyl (C=O) groups excluding carboxylic acids is 4. The van der Waals surface area contributed by atoms with Crippen LogP contribution in [0.1, 0.15) is 202 Å². The predicted octanol–water partition coefficient (Wildman–Crippen LogP) is 9.98. The van der Waals surface area contributed by atoms with Crippen molar-refractivity contribution in [3.63, 3.8) is 0 Å². The number of hydrogen-bond acceptors (Lipinski definition) is 10. The van der Waals surface area contributed by atoms with E-state index in [-0.39, 0.29) is 44.8 Å². The topological polar surface area (TPSA) is 158 Å². The summed E-state index contributed by atoms with van der Waals surface area (Å²) < 4.78 is 22.6. The Morgan fingerprint density at radius 2 is 1.18 bits per heavy atom. The van der Waals surface area contributed by atoms with Crippen LogP contribution in [0.5, 0.6) is 0 Å². The van der Waals surface area contributed by atoms with Crippen molar-refractivity contribution >= 4 is 29.8 Å². The molecule has 12 nitrogen and oxygen atoms in total. The van der Waals surface area contributed by atoms with Crippen molar-refractivity contribution in [2.45, 2.75) is 208 Å². The molecule has 2 N–H and O–H groups in total. The number of carboxylic acid groups (broad SMARTS) is 1. The molecule has 1 rings (SSSR count). The first kappa shape index (κ1) is 55.3. The lowest BCUT2D eigenvalue weighted by Gasteiger charge is -2.34. The first-order valence-electron chi connectivity index (χ1n) is 24.2. The van der Waals surface area contributed by atoms with Gasteiger partial charge in [-0.1, -0.05) is 163 Å². The SMILES string of the molecule is CCCCCCCCCCCOC(=O)CCNC(=O)[C@H](OC(=O)C(CCC(=O)O)CC(CCCCCC)CCCCCCCC)C(C)(C)COC(=O)CCN1CCOCC1. The number of morpholine rings is 1.